The monoisotopic (exact) mass is 441 g/mol. The van der Waals surface area contributed by atoms with Crippen molar-refractivity contribution < 1.29 is 28.2 Å². The maximum atomic E-state index is 14.4. The van der Waals surface area contributed by atoms with Crippen molar-refractivity contribution >= 4 is 12.1 Å². The van der Waals surface area contributed by atoms with Gasteiger partial charge in [0.1, 0.15) is 17.0 Å². The smallest absolute Gasteiger partial charge is 0.408 e. The van der Waals surface area contributed by atoms with Gasteiger partial charge >= 0.3 is 12.1 Å². The first-order valence-corrected chi connectivity index (χ1v) is 9.89. The molecule has 8 nitrogen and oxygen atoms in total. The topological polar surface area (TPSA) is 115 Å². The van der Waals surface area contributed by atoms with Crippen molar-refractivity contribution in [1.82, 2.24) is 15.5 Å². The average molecular weight is 441 g/mol. The zero-order valence-corrected chi connectivity index (χ0v) is 18.2. The third-order valence-corrected chi connectivity index (χ3v) is 4.52. The minimum absolute atomic E-state index is 0.0161. The number of ether oxygens (including phenoxy) is 1. The highest BCUT2D eigenvalue weighted by atomic mass is 19.1. The zero-order chi connectivity index (χ0) is 23.5. The molecule has 3 rings (SSSR count). The van der Waals surface area contributed by atoms with E-state index in [4.69, 9.17) is 9.15 Å². The van der Waals surface area contributed by atoms with Crippen LogP contribution in [-0.2, 0) is 16.7 Å². The summed E-state index contributed by atoms with van der Waals surface area (Å²) < 4.78 is 25.5. The highest BCUT2D eigenvalue weighted by molar-refractivity contribution is 5.89. The van der Waals surface area contributed by atoms with Gasteiger partial charge in [-0.15, -0.1) is 10.2 Å². The number of nitrogens with one attached hydrogen (secondary N) is 1. The van der Waals surface area contributed by atoms with Crippen LogP contribution < -0.4 is 5.32 Å². The molecule has 1 amide bonds. The number of rotatable bonds is 6. The molecular weight excluding hydrogens is 417 g/mol. The van der Waals surface area contributed by atoms with Crippen LogP contribution in [0.3, 0.4) is 0 Å². The van der Waals surface area contributed by atoms with Gasteiger partial charge in [0.2, 0.25) is 5.89 Å². The molecule has 1 unspecified atom stereocenters. The second-order valence-corrected chi connectivity index (χ2v) is 8.53. The van der Waals surface area contributed by atoms with E-state index < -0.39 is 29.0 Å². The van der Waals surface area contributed by atoms with Crippen molar-refractivity contribution in [2.75, 3.05) is 0 Å². The molecule has 0 fully saturated rings. The third-order valence-electron chi connectivity index (χ3n) is 4.52. The van der Waals surface area contributed by atoms with Crippen LogP contribution in [0, 0.1) is 5.82 Å². The summed E-state index contributed by atoms with van der Waals surface area (Å²) in [6.07, 6.45) is -0.401. The standard InChI is InChI=1S/C23H24FN3O5/c1-22(2,3)32-21(30)25-23(4,13-14-8-6-5-7-9-14)20-27-26-18(31-20)16-12-15(19(28)29)10-11-17(16)24/h5-12H,13H2,1-4H3,(H,25,30)(H,28,29). The van der Waals surface area contributed by atoms with Gasteiger partial charge in [-0.2, -0.15) is 0 Å². The van der Waals surface area contributed by atoms with Crippen LogP contribution in [-0.4, -0.2) is 33.0 Å². The summed E-state index contributed by atoms with van der Waals surface area (Å²) in [7, 11) is 0. The van der Waals surface area contributed by atoms with Crippen LogP contribution in [0.4, 0.5) is 9.18 Å². The molecule has 1 atom stereocenters. The Morgan fingerprint density at radius 2 is 1.78 bits per heavy atom. The van der Waals surface area contributed by atoms with Gasteiger partial charge in [-0.05, 0) is 51.5 Å². The van der Waals surface area contributed by atoms with E-state index in [2.05, 4.69) is 15.5 Å². The number of nitrogens with zero attached hydrogens (tertiary/aromatic N) is 2. The number of benzene rings is 2. The van der Waals surface area contributed by atoms with Crippen molar-refractivity contribution in [3.63, 3.8) is 0 Å². The Labute approximate surface area is 184 Å². The highest BCUT2D eigenvalue weighted by Gasteiger charge is 2.37. The molecule has 0 bridgehead atoms. The fourth-order valence-corrected chi connectivity index (χ4v) is 3.08. The SMILES string of the molecule is CC(C)(C)OC(=O)NC(C)(Cc1ccccc1)c1nnc(-c2cc(C(=O)O)ccc2F)o1. The number of aromatic nitrogens is 2. The summed E-state index contributed by atoms with van der Waals surface area (Å²) in [5, 5.41) is 19.9. The van der Waals surface area contributed by atoms with Crippen LogP contribution in [0.5, 0.6) is 0 Å². The lowest BCUT2D eigenvalue weighted by molar-refractivity contribution is 0.0443. The largest absolute Gasteiger partial charge is 0.478 e. The van der Waals surface area contributed by atoms with Gasteiger partial charge in [-0.1, -0.05) is 30.3 Å². The molecule has 168 valence electrons. The van der Waals surface area contributed by atoms with Gasteiger partial charge < -0.3 is 19.6 Å². The molecule has 32 heavy (non-hydrogen) atoms. The first-order chi connectivity index (χ1) is 15.0. The van der Waals surface area contributed by atoms with E-state index in [-0.39, 0.29) is 29.3 Å². The van der Waals surface area contributed by atoms with Crippen molar-refractivity contribution in [3.05, 3.63) is 71.4 Å². The molecule has 2 aromatic carbocycles. The third kappa shape index (κ3) is 5.48. The van der Waals surface area contributed by atoms with Crippen LogP contribution >= 0.6 is 0 Å². The number of carboxylic acid groups (broad SMARTS) is 1. The summed E-state index contributed by atoms with van der Waals surface area (Å²) in [4.78, 5) is 23.8. The molecule has 2 N–H and O–H groups in total. The van der Waals surface area contributed by atoms with Crippen molar-refractivity contribution in [2.24, 2.45) is 0 Å². The number of halogens is 1. The Morgan fingerprint density at radius 3 is 2.41 bits per heavy atom. The van der Waals surface area contributed by atoms with Crippen LogP contribution in [0.1, 0.15) is 49.5 Å². The fraction of sp³-hybridized carbons (Fsp3) is 0.304. The van der Waals surface area contributed by atoms with Gasteiger partial charge in [0.15, 0.2) is 0 Å². The lowest BCUT2D eigenvalue weighted by Gasteiger charge is -2.29. The molecule has 0 aliphatic carbocycles. The maximum absolute atomic E-state index is 14.4. The number of aromatic carboxylic acids is 1. The minimum atomic E-state index is -1.22. The van der Waals surface area contributed by atoms with Gasteiger partial charge in [-0.3, -0.25) is 0 Å². The van der Waals surface area contributed by atoms with Crippen molar-refractivity contribution in [1.29, 1.82) is 0 Å². The molecule has 1 heterocycles. The minimum Gasteiger partial charge on any atom is -0.478 e. The number of carboxylic acids is 1. The summed E-state index contributed by atoms with van der Waals surface area (Å²) in [5.74, 6) is -2.12. The predicted molar refractivity (Wildman–Crippen MR) is 114 cm³/mol. The molecule has 0 aliphatic heterocycles. The molecular formula is C23H24FN3O5. The first-order valence-electron chi connectivity index (χ1n) is 9.89. The zero-order valence-electron chi connectivity index (χ0n) is 18.2. The summed E-state index contributed by atoms with van der Waals surface area (Å²) in [6, 6.07) is 12.6. The normalized spacial score (nSPS) is 13.3. The predicted octanol–water partition coefficient (Wildman–Crippen LogP) is 4.56. The Kier molecular flexibility index (Phi) is 6.29. The number of carbonyl (C=O) groups excluding carboxylic acids is 1. The van der Waals surface area contributed by atoms with E-state index in [1.54, 1.807) is 27.7 Å². The van der Waals surface area contributed by atoms with E-state index in [0.29, 0.717) is 0 Å². The van der Waals surface area contributed by atoms with Gasteiger partial charge in [-0.25, -0.2) is 14.0 Å². The van der Waals surface area contributed by atoms with Crippen LogP contribution in [0.25, 0.3) is 11.5 Å². The Bertz CT molecular complexity index is 1120. The summed E-state index contributed by atoms with van der Waals surface area (Å²) in [6.45, 7) is 6.91. The lowest BCUT2D eigenvalue weighted by atomic mass is 9.92. The second kappa shape index (κ2) is 8.78. The summed E-state index contributed by atoms with van der Waals surface area (Å²) in [5.41, 5.74) is -1.30. The van der Waals surface area contributed by atoms with E-state index in [1.165, 1.54) is 0 Å². The average Bonchev–Trinajstić information content (AvgIpc) is 3.18. The Hall–Kier alpha value is -3.75. The Balaban J connectivity index is 1.99. The van der Waals surface area contributed by atoms with Gasteiger partial charge in [0.05, 0.1) is 11.1 Å². The number of hydrogen-bond donors (Lipinski definition) is 2. The second-order valence-electron chi connectivity index (χ2n) is 8.53. The fourth-order valence-electron chi connectivity index (χ4n) is 3.08. The van der Waals surface area contributed by atoms with Crippen molar-refractivity contribution in [3.8, 4) is 11.5 Å². The van der Waals surface area contributed by atoms with Gasteiger partial charge in [0, 0.05) is 6.42 Å². The van der Waals surface area contributed by atoms with Gasteiger partial charge in [0.25, 0.3) is 5.89 Å². The Morgan fingerprint density at radius 1 is 1.09 bits per heavy atom. The molecule has 0 saturated heterocycles. The molecule has 0 aliphatic rings. The lowest BCUT2D eigenvalue weighted by Crippen LogP contribution is -2.47. The van der Waals surface area contributed by atoms with E-state index in [1.807, 2.05) is 30.3 Å². The molecule has 0 saturated carbocycles. The maximum Gasteiger partial charge on any atom is 0.408 e. The van der Waals surface area contributed by atoms with E-state index in [9.17, 15) is 19.1 Å². The number of amides is 1. The molecule has 3 aromatic rings. The van der Waals surface area contributed by atoms with Crippen molar-refractivity contribution in [2.45, 2.75) is 45.3 Å². The highest BCUT2D eigenvalue weighted by Crippen LogP contribution is 2.30. The quantitative estimate of drug-likeness (QED) is 0.576. The first kappa shape index (κ1) is 22.9. The number of hydrogen-bond acceptors (Lipinski definition) is 6. The molecule has 9 heteroatoms. The van der Waals surface area contributed by atoms with E-state index >= 15 is 0 Å². The number of carbonyl (C=O) groups is 2. The van der Waals surface area contributed by atoms with E-state index in [0.717, 1.165) is 23.8 Å². The molecule has 0 spiro atoms. The molecule has 1 aromatic heterocycles. The number of alkyl carbamates (subject to hydrolysis) is 1. The van der Waals surface area contributed by atoms with Crippen LogP contribution in [0.15, 0.2) is 52.9 Å². The van der Waals surface area contributed by atoms with Crippen LogP contribution in [0.2, 0.25) is 0 Å². The molecule has 0 radical (unpaired) electrons. The summed E-state index contributed by atoms with van der Waals surface area (Å²) >= 11 is 0.